The van der Waals surface area contributed by atoms with E-state index in [9.17, 15) is 4.79 Å². The van der Waals surface area contributed by atoms with E-state index in [-0.39, 0.29) is 5.97 Å². The molecule has 0 amide bonds. The van der Waals surface area contributed by atoms with E-state index in [0.717, 1.165) is 81.7 Å². The van der Waals surface area contributed by atoms with Crippen molar-refractivity contribution in [1.29, 1.82) is 0 Å². The predicted molar refractivity (Wildman–Crippen MR) is 122 cm³/mol. The molecule has 0 aliphatic carbocycles. The van der Waals surface area contributed by atoms with E-state index >= 15 is 0 Å². The summed E-state index contributed by atoms with van der Waals surface area (Å²) < 4.78 is 6.68. The molecule has 3 N–H and O–H groups in total. The molecule has 0 unspecified atom stereocenters. The Labute approximate surface area is 172 Å². The molecular formula is C22H44N3O2P. The number of imidazole rings is 1. The molecule has 0 radical (unpaired) electrons. The summed E-state index contributed by atoms with van der Waals surface area (Å²) in [5, 5.41) is 0. The van der Waals surface area contributed by atoms with Crippen molar-refractivity contribution < 1.29 is 9.32 Å². The molecule has 28 heavy (non-hydrogen) atoms. The monoisotopic (exact) mass is 413 g/mol. The van der Waals surface area contributed by atoms with Crippen LogP contribution in [0.15, 0.2) is 12.5 Å². The van der Waals surface area contributed by atoms with Crippen LogP contribution in [-0.4, -0.2) is 46.6 Å². The summed E-state index contributed by atoms with van der Waals surface area (Å²) in [5.41, 5.74) is 7.17. The average molecular weight is 414 g/mol. The van der Waals surface area contributed by atoms with Crippen molar-refractivity contribution in [1.82, 2.24) is 9.97 Å². The maximum atomic E-state index is 13.2. The zero-order chi connectivity index (χ0) is 20.9. The topological polar surface area (TPSA) is 81.0 Å². The molecule has 0 aromatic carbocycles. The van der Waals surface area contributed by atoms with Crippen molar-refractivity contribution >= 4 is 12.8 Å². The number of aromatic nitrogens is 2. The molecule has 1 rings (SSSR count). The Kier molecular flexibility index (Phi) is 11.3. The van der Waals surface area contributed by atoms with E-state index in [1.807, 2.05) is 0 Å². The van der Waals surface area contributed by atoms with Crippen molar-refractivity contribution in [3.05, 3.63) is 18.2 Å². The van der Waals surface area contributed by atoms with Gasteiger partial charge < -0.3 is 0 Å². The summed E-state index contributed by atoms with van der Waals surface area (Å²) >= 11 is 0. The molecular weight excluding hydrogens is 369 g/mol. The predicted octanol–water partition coefficient (Wildman–Crippen LogP) is 5.49. The molecule has 0 saturated carbocycles. The van der Waals surface area contributed by atoms with Crippen LogP contribution in [0.4, 0.5) is 0 Å². The van der Waals surface area contributed by atoms with Crippen LogP contribution in [0.2, 0.25) is 0 Å². The Morgan fingerprint density at radius 2 is 1.46 bits per heavy atom. The number of nitrogens with one attached hydrogen (secondary N) is 1. The summed E-state index contributed by atoms with van der Waals surface area (Å²) in [4.78, 5) is 20.3. The van der Waals surface area contributed by atoms with Crippen LogP contribution in [0.1, 0.15) is 84.8 Å². The number of H-pyrrole nitrogens is 1. The molecule has 0 aliphatic rings. The van der Waals surface area contributed by atoms with Gasteiger partial charge >= 0.3 is 172 Å². The third-order valence-corrected chi connectivity index (χ3v) is 12.4. The second-order valence-electron chi connectivity index (χ2n) is 8.46. The Balaban J connectivity index is 3.15. The van der Waals surface area contributed by atoms with Crippen LogP contribution in [-0.2, 0) is 15.7 Å². The van der Waals surface area contributed by atoms with Crippen LogP contribution in [0, 0.1) is 0 Å². The summed E-state index contributed by atoms with van der Waals surface area (Å²) in [6.45, 7) is 6.32. The molecule has 0 aliphatic heterocycles. The number of aromatic amines is 1. The number of unbranched alkanes of at least 4 members (excludes halogenated alkanes) is 4. The Bertz CT molecular complexity index is 504. The fourth-order valence-corrected chi connectivity index (χ4v) is 10.9. The average Bonchev–Trinajstić information content (AvgIpc) is 3.21. The molecule has 1 aromatic rings. The molecule has 5 nitrogen and oxygen atoms in total. The van der Waals surface area contributed by atoms with Gasteiger partial charge in [-0.2, -0.15) is 0 Å². The molecule has 1 aromatic heterocycles. The third kappa shape index (κ3) is 7.48. The molecule has 0 fully saturated rings. The van der Waals surface area contributed by atoms with E-state index in [1.54, 1.807) is 12.5 Å². The van der Waals surface area contributed by atoms with E-state index in [4.69, 9.17) is 10.3 Å². The number of hydrogen-bond acceptors (Lipinski definition) is 4. The van der Waals surface area contributed by atoms with Gasteiger partial charge in [0.05, 0.1) is 0 Å². The van der Waals surface area contributed by atoms with Gasteiger partial charge in [-0.1, -0.05) is 0 Å². The summed E-state index contributed by atoms with van der Waals surface area (Å²) in [7, 11) is 0. The number of nitrogens with two attached hydrogens (primary N) is 1. The van der Waals surface area contributed by atoms with Crippen molar-refractivity contribution in [3.8, 4) is 0 Å². The number of carbonyl (C=O) groups excluding carboxylic acids is 1. The van der Waals surface area contributed by atoms with Gasteiger partial charge in [0, 0.05) is 0 Å². The van der Waals surface area contributed by atoms with E-state index in [0.29, 0.717) is 6.42 Å². The van der Waals surface area contributed by atoms with Crippen LogP contribution < -0.4 is 5.73 Å². The Morgan fingerprint density at radius 1 is 1.00 bits per heavy atom. The van der Waals surface area contributed by atoms with Crippen LogP contribution in [0.5, 0.6) is 0 Å². The Hall–Kier alpha value is -0.930. The minimum atomic E-state index is -2.61. The fraction of sp³-hybridized carbons (Fsp3) is 0.818. The van der Waals surface area contributed by atoms with E-state index < -0.39 is 12.9 Å². The number of nitrogens with zero attached hydrogens (tertiary/aromatic N) is 1. The second-order valence-corrected chi connectivity index (χ2v) is 14.2. The summed E-state index contributed by atoms with van der Waals surface area (Å²) in [6.07, 6.45) is 17.2. The van der Waals surface area contributed by atoms with Gasteiger partial charge in [-0.05, 0) is 0 Å². The van der Waals surface area contributed by atoms with Gasteiger partial charge in [0.25, 0.3) is 0 Å². The van der Waals surface area contributed by atoms with Gasteiger partial charge in [-0.25, -0.2) is 0 Å². The standard InChI is InChI=1S/C22H44N3O2P/c1-5-9-13-28(14-10-6-2,15-11-7-3,16-12-8-4)27-22(26)21(23)17-20-18-24-19-25-20/h18-19,21H,5-17,23H2,1-4H3,(H,24,25)/t21-/m0/s1. The normalized spacial score (nSPS) is 14.4. The number of carbonyl (C=O) groups is 1. The first-order valence-corrected chi connectivity index (χ1v) is 14.3. The quantitative estimate of drug-likeness (QED) is 0.351. The molecule has 164 valence electrons. The van der Waals surface area contributed by atoms with E-state index in [2.05, 4.69) is 37.7 Å². The molecule has 1 atom stereocenters. The van der Waals surface area contributed by atoms with Crippen LogP contribution in [0.25, 0.3) is 0 Å². The van der Waals surface area contributed by atoms with Crippen LogP contribution in [0.3, 0.4) is 0 Å². The maximum absolute atomic E-state index is 13.2. The zero-order valence-electron chi connectivity index (χ0n) is 18.7. The molecule has 6 heteroatoms. The molecule has 0 spiro atoms. The Morgan fingerprint density at radius 3 is 1.82 bits per heavy atom. The number of hydrogen-bond donors (Lipinski definition) is 2. The second kappa shape index (κ2) is 12.6. The zero-order valence-corrected chi connectivity index (χ0v) is 19.6. The summed E-state index contributed by atoms with van der Waals surface area (Å²) in [6, 6.07) is -0.631. The van der Waals surface area contributed by atoms with Gasteiger partial charge in [0.1, 0.15) is 0 Å². The fourth-order valence-electron chi connectivity index (χ4n) is 4.12. The first kappa shape index (κ1) is 25.1. The van der Waals surface area contributed by atoms with E-state index in [1.165, 1.54) is 0 Å². The molecule has 0 saturated heterocycles. The molecule has 1 heterocycles. The third-order valence-electron chi connectivity index (χ3n) is 5.95. The van der Waals surface area contributed by atoms with Gasteiger partial charge in [-0.15, -0.1) is 0 Å². The van der Waals surface area contributed by atoms with Crippen molar-refractivity contribution in [2.75, 3.05) is 24.6 Å². The minimum absolute atomic E-state index is 0.202. The first-order chi connectivity index (χ1) is 13.4. The van der Waals surface area contributed by atoms with Crippen molar-refractivity contribution in [2.24, 2.45) is 5.73 Å². The van der Waals surface area contributed by atoms with Crippen molar-refractivity contribution in [3.63, 3.8) is 0 Å². The van der Waals surface area contributed by atoms with Gasteiger partial charge in [0.2, 0.25) is 0 Å². The van der Waals surface area contributed by atoms with Crippen molar-refractivity contribution in [2.45, 2.75) is 91.5 Å². The summed E-state index contributed by atoms with van der Waals surface area (Å²) in [5.74, 6) is -0.202. The van der Waals surface area contributed by atoms with Crippen LogP contribution >= 0.6 is 6.83 Å². The number of rotatable bonds is 16. The van der Waals surface area contributed by atoms with Gasteiger partial charge in [0.15, 0.2) is 0 Å². The van der Waals surface area contributed by atoms with Gasteiger partial charge in [-0.3, -0.25) is 0 Å². The SMILES string of the molecule is CCCCP(CCCC)(CCCC)(CCCC)OC(=O)[C@@H](N)Cc1cnc[nH]1. The first-order valence-electron chi connectivity index (χ1n) is 11.4. The molecule has 0 bridgehead atoms.